The molecule has 1 rings (SSSR count). The van der Waals surface area contributed by atoms with Crippen molar-refractivity contribution in [3.63, 3.8) is 0 Å². The van der Waals surface area contributed by atoms with E-state index in [1.54, 1.807) is 18.2 Å². The Labute approximate surface area is 114 Å². The largest absolute Gasteiger partial charge is 0.397 e. The zero-order valence-corrected chi connectivity index (χ0v) is 11.9. The lowest BCUT2D eigenvalue weighted by Gasteiger charge is -2.22. The van der Waals surface area contributed by atoms with E-state index >= 15 is 0 Å². The first-order chi connectivity index (χ1) is 8.51. The minimum absolute atomic E-state index is 0.130. The number of carbonyl (C=O) groups is 1. The number of hydrogen-bond acceptors (Lipinski definition) is 2. The standard InChI is InChI=1S/C14H21ClN2O/c1-4-10(5-2)9(3)17-14(18)11-7-6-8-12(15)13(11)16/h6-10H,4-5,16H2,1-3H3,(H,17,18). The van der Waals surface area contributed by atoms with Crippen LogP contribution in [0, 0.1) is 5.92 Å². The molecule has 0 spiro atoms. The van der Waals surface area contributed by atoms with Gasteiger partial charge in [-0.3, -0.25) is 4.79 Å². The van der Waals surface area contributed by atoms with E-state index in [1.165, 1.54) is 0 Å². The van der Waals surface area contributed by atoms with Gasteiger partial charge in [0.05, 0.1) is 16.3 Å². The van der Waals surface area contributed by atoms with Crippen LogP contribution in [0.2, 0.25) is 5.02 Å². The van der Waals surface area contributed by atoms with Gasteiger partial charge >= 0.3 is 0 Å². The molecule has 1 aromatic rings. The third kappa shape index (κ3) is 3.39. The van der Waals surface area contributed by atoms with Gasteiger partial charge in [-0.2, -0.15) is 0 Å². The number of benzene rings is 1. The minimum Gasteiger partial charge on any atom is -0.397 e. The van der Waals surface area contributed by atoms with Crippen molar-refractivity contribution in [3.05, 3.63) is 28.8 Å². The molecule has 0 fully saturated rings. The molecule has 4 heteroatoms. The average Bonchev–Trinajstić information content (AvgIpc) is 2.34. The number of para-hydroxylation sites is 1. The smallest absolute Gasteiger partial charge is 0.253 e. The molecule has 1 unspecified atom stereocenters. The van der Waals surface area contributed by atoms with Gasteiger partial charge in [0, 0.05) is 6.04 Å². The summed E-state index contributed by atoms with van der Waals surface area (Å²) in [6, 6.07) is 5.23. The van der Waals surface area contributed by atoms with Gasteiger partial charge in [-0.05, 0) is 25.0 Å². The van der Waals surface area contributed by atoms with Crippen LogP contribution in [0.1, 0.15) is 44.0 Å². The molecule has 0 bridgehead atoms. The predicted molar refractivity (Wildman–Crippen MR) is 76.9 cm³/mol. The van der Waals surface area contributed by atoms with Crippen molar-refractivity contribution in [1.82, 2.24) is 5.32 Å². The molecular formula is C14H21ClN2O. The fraction of sp³-hybridized carbons (Fsp3) is 0.500. The van der Waals surface area contributed by atoms with Crippen LogP contribution in [0.4, 0.5) is 5.69 Å². The van der Waals surface area contributed by atoms with E-state index in [1.807, 2.05) is 6.92 Å². The normalized spacial score (nSPS) is 12.5. The molecule has 18 heavy (non-hydrogen) atoms. The minimum atomic E-state index is -0.158. The van der Waals surface area contributed by atoms with Crippen molar-refractivity contribution in [1.29, 1.82) is 0 Å². The van der Waals surface area contributed by atoms with Gasteiger partial charge in [0.15, 0.2) is 0 Å². The van der Waals surface area contributed by atoms with Gasteiger partial charge < -0.3 is 11.1 Å². The van der Waals surface area contributed by atoms with Crippen molar-refractivity contribution in [2.75, 3.05) is 5.73 Å². The molecule has 1 aromatic carbocycles. The Balaban J connectivity index is 2.79. The van der Waals surface area contributed by atoms with Crippen molar-refractivity contribution >= 4 is 23.2 Å². The lowest BCUT2D eigenvalue weighted by Crippen LogP contribution is -2.38. The van der Waals surface area contributed by atoms with E-state index in [0.29, 0.717) is 22.2 Å². The van der Waals surface area contributed by atoms with Crippen LogP contribution in [0.15, 0.2) is 18.2 Å². The zero-order valence-electron chi connectivity index (χ0n) is 11.2. The predicted octanol–water partition coefficient (Wildman–Crippen LogP) is 3.48. The van der Waals surface area contributed by atoms with Crippen LogP contribution in [-0.4, -0.2) is 11.9 Å². The summed E-state index contributed by atoms with van der Waals surface area (Å²) in [5, 5.41) is 3.40. The molecule has 0 aliphatic heterocycles. The summed E-state index contributed by atoms with van der Waals surface area (Å²) in [5.74, 6) is 0.323. The lowest BCUT2D eigenvalue weighted by atomic mass is 9.95. The first kappa shape index (κ1) is 14.8. The Kier molecular flexibility index (Phi) is 5.48. The molecule has 100 valence electrons. The summed E-state index contributed by atoms with van der Waals surface area (Å²) >= 11 is 5.91. The molecule has 3 nitrogen and oxygen atoms in total. The Morgan fingerprint density at radius 2 is 2.00 bits per heavy atom. The van der Waals surface area contributed by atoms with Crippen molar-refractivity contribution < 1.29 is 4.79 Å². The maximum absolute atomic E-state index is 12.1. The van der Waals surface area contributed by atoms with E-state index in [-0.39, 0.29) is 11.9 Å². The summed E-state index contributed by atoms with van der Waals surface area (Å²) in [6.07, 6.45) is 2.09. The monoisotopic (exact) mass is 268 g/mol. The molecule has 3 N–H and O–H groups in total. The fourth-order valence-corrected chi connectivity index (χ4v) is 2.31. The van der Waals surface area contributed by atoms with Crippen LogP contribution >= 0.6 is 11.6 Å². The summed E-state index contributed by atoms with van der Waals surface area (Å²) < 4.78 is 0. The highest BCUT2D eigenvalue weighted by atomic mass is 35.5. The molecule has 1 amide bonds. The van der Waals surface area contributed by atoms with Gasteiger partial charge in [0.2, 0.25) is 0 Å². The topological polar surface area (TPSA) is 55.1 Å². The maximum Gasteiger partial charge on any atom is 0.253 e. The van der Waals surface area contributed by atoms with Gasteiger partial charge in [-0.25, -0.2) is 0 Å². The highest BCUT2D eigenvalue weighted by molar-refractivity contribution is 6.33. The molecule has 0 radical (unpaired) electrons. The maximum atomic E-state index is 12.1. The third-order valence-electron chi connectivity index (χ3n) is 3.41. The fourth-order valence-electron chi connectivity index (χ4n) is 2.13. The second-order valence-corrected chi connectivity index (χ2v) is 4.95. The van der Waals surface area contributed by atoms with Gasteiger partial charge in [0.1, 0.15) is 0 Å². The van der Waals surface area contributed by atoms with Crippen LogP contribution < -0.4 is 11.1 Å². The number of nitrogens with two attached hydrogens (primary N) is 1. The van der Waals surface area contributed by atoms with Crippen LogP contribution in [0.25, 0.3) is 0 Å². The highest BCUT2D eigenvalue weighted by Crippen LogP contribution is 2.22. The first-order valence-corrected chi connectivity index (χ1v) is 6.73. The van der Waals surface area contributed by atoms with E-state index in [0.717, 1.165) is 12.8 Å². The van der Waals surface area contributed by atoms with Crippen molar-refractivity contribution in [2.24, 2.45) is 5.92 Å². The van der Waals surface area contributed by atoms with Gasteiger partial charge in [-0.1, -0.05) is 44.4 Å². The Morgan fingerprint density at radius 3 is 2.56 bits per heavy atom. The summed E-state index contributed by atoms with van der Waals surface area (Å²) in [4.78, 5) is 12.1. The number of nitrogen functional groups attached to an aromatic ring is 1. The molecular weight excluding hydrogens is 248 g/mol. The van der Waals surface area contributed by atoms with Gasteiger partial charge in [0.25, 0.3) is 5.91 Å². The van der Waals surface area contributed by atoms with Crippen LogP contribution in [0.3, 0.4) is 0 Å². The number of hydrogen-bond donors (Lipinski definition) is 2. The van der Waals surface area contributed by atoms with E-state index < -0.39 is 0 Å². The molecule has 0 saturated carbocycles. The Morgan fingerprint density at radius 1 is 1.39 bits per heavy atom. The van der Waals surface area contributed by atoms with Crippen LogP contribution in [0.5, 0.6) is 0 Å². The number of nitrogens with one attached hydrogen (secondary N) is 1. The molecule has 0 aliphatic rings. The molecule has 0 saturated heterocycles. The van der Waals surface area contributed by atoms with E-state index in [9.17, 15) is 4.79 Å². The summed E-state index contributed by atoms with van der Waals surface area (Å²) in [7, 11) is 0. The summed E-state index contributed by atoms with van der Waals surface area (Å²) in [6.45, 7) is 6.28. The quantitative estimate of drug-likeness (QED) is 0.804. The van der Waals surface area contributed by atoms with Crippen molar-refractivity contribution in [2.45, 2.75) is 39.7 Å². The molecule has 0 aromatic heterocycles. The summed E-state index contributed by atoms with van der Waals surface area (Å²) in [5.41, 5.74) is 6.59. The second kappa shape index (κ2) is 6.64. The highest BCUT2D eigenvalue weighted by Gasteiger charge is 2.18. The van der Waals surface area contributed by atoms with E-state index in [2.05, 4.69) is 19.2 Å². The van der Waals surface area contributed by atoms with Gasteiger partial charge in [-0.15, -0.1) is 0 Å². The SMILES string of the molecule is CCC(CC)C(C)NC(=O)c1cccc(Cl)c1N. The number of anilines is 1. The average molecular weight is 269 g/mol. The number of rotatable bonds is 5. The van der Waals surface area contributed by atoms with Crippen molar-refractivity contribution in [3.8, 4) is 0 Å². The molecule has 1 atom stereocenters. The Bertz CT molecular complexity index is 416. The molecule has 0 aliphatic carbocycles. The van der Waals surface area contributed by atoms with Crippen LogP contribution in [-0.2, 0) is 0 Å². The lowest BCUT2D eigenvalue weighted by molar-refractivity contribution is 0.0926. The second-order valence-electron chi connectivity index (χ2n) is 4.54. The first-order valence-electron chi connectivity index (χ1n) is 6.36. The number of carbonyl (C=O) groups excluding carboxylic acids is 1. The zero-order chi connectivity index (χ0) is 13.7. The number of amides is 1. The number of halogens is 1. The third-order valence-corrected chi connectivity index (χ3v) is 3.74. The molecule has 0 heterocycles. The van der Waals surface area contributed by atoms with E-state index in [4.69, 9.17) is 17.3 Å². The Hall–Kier alpha value is -1.22.